The smallest absolute Gasteiger partial charge is 0.323 e. The van der Waals surface area contributed by atoms with Gasteiger partial charge in [0.15, 0.2) is 0 Å². The molecule has 0 radical (unpaired) electrons. The van der Waals surface area contributed by atoms with Crippen LogP contribution in [-0.2, 0) is 41.9 Å². The van der Waals surface area contributed by atoms with E-state index in [9.17, 15) is 14.7 Å². The largest absolute Gasteiger partial charge is 0.480 e. The maximum atomic E-state index is 14.2. The number of amides is 1. The zero-order valence-corrected chi connectivity index (χ0v) is 20.7. The third kappa shape index (κ3) is 4.78. The summed E-state index contributed by atoms with van der Waals surface area (Å²) in [5.74, 6) is -0.680. The van der Waals surface area contributed by atoms with Crippen LogP contribution in [0.3, 0.4) is 0 Å². The molecular weight excluding hydrogens is 448 g/mol. The summed E-state index contributed by atoms with van der Waals surface area (Å²) in [6.45, 7) is 3.26. The quantitative estimate of drug-likeness (QED) is 0.363. The first kappa shape index (κ1) is 23.9. The second kappa shape index (κ2) is 10.0. The number of hydrogen-bond donors (Lipinski definition) is 1. The fourth-order valence-electron chi connectivity index (χ4n) is 5.63. The van der Waals surface area contributed by atoms with E-state index >= 15 is 0 Å². The normalized spacial score (nSPS) is 17.0. The van der Waals surface area contributed by atoms with E-state index in [1.807, 2.05) is 64.1 Å². The summed E-state index contributed by atoms with van der Waals surface area (Å²) in [6.07, 6.45) is 2.81. The van der Waals surface area contributed by atoms with Crippen LogP contribution in [0.25, 0.3) is 10.9 Å². The Labute approximate surface area is 212 Å². The van der Waals surface area contributed by atoms with Crippen molar-refractivity contribution in [1.82, 2.24) is 9.47 Å². The molecule has 0 saturated heterocycles. The average Bonchev–Trinajstić information content (AvgIpc) is 3.19. The van der Waals surface area contributed by atoms with Crippen molar-refractivity contribution in [2.24, 2.45) is 5.41 Å². The summed E-state index contributed by atoms with van der Waals surface area (Å²) >= 11 is 0. The van der Waals surface area contributed by atoms with Gasteiger partial charge < -0.3 is 14.6 Å². The highest BCUT2D eigenvalue weighted by Crippen LogP contribution is 2.41. The van der Waals surface area contributed by atoms with Crippen molar-refractivity contribution in [3.05, 3.63) is 107 Å². The van der Waals surface area contributed by atoms with Gasteiger partial charge in [0.25, 0.3) is 0 Å². The zero-order valence-electron chi connectivity index (χ0n) is 20.7. The Kier molecular flexibility index (Phi) is 6.64. The molecule has 5 rings (SSSR count). The Balaban J connectivity index is 1.45. The average molecular weight is 481 g/mol. The molecule has 4 aromatic rings. The van der Waals surface area contributed by atoms with Gasteiger partial charge in [0.2, 0.25) is 5.91 Å². The maximum Gasteiger partial charge on any atom is 0.323 e. The minimum atomic E-state index is -0.849. The van der Waals surface area contributed by atoms with Crippen LogP contribution >= 0.6 is 0 Å². The molecule has 5 nitrogen and oxygen atoms in total. The number of carbonyl (C=O) groups is 2. The number of carbonyl (C=O) groups excluding carboxylic acids is 1. The lowest BCUT2D eigenvalue weighted by atomic mass is 9.73. The lowest BCUT2D eigenvalue weighted by Gasteiger charge is -2.38. The van der Waals surface area contributed by atoms with Gasteiger partial charge in [0, 0.05) is 29.7 Å². The minimum Gasteiger partial charge on any atom is -0.480 e. The molecule has 3 aromatic carbocycles. The molecule has 1 aromatic heterocycles. The number of nitrogens with zero attached hydrogens (tertiary/aromatic N) is 2. The molecule has 1 unspecified atom stereocenters. The van der Waals surface area contributed by atoms with Crippen LogP contribution in [0.2, 0.25) is 0 Å². The third-order valence-corrected chi connectivity index (χ3v) is 7.50. The van der Waals surface area contributed by atoms with E-state index in [4.69, 9.17) is 0 Å². The van der Waals surface area contributed by atoms with Gasteiger partial charge in [-0.05, 0) is 48.4 Å². The molecule has 0 spiro atoms. The molecule has 36 heavy (non-hydrogen) atoms. The van der Waals surface area contributed by atoms with Crippen molar-refractivity contribution in [1.29, 1.82) is 0 Å². The standard InChI is InChI=1S/C31H32N2O3/c1-31(18-16-28-26(20-31)25-14-8-9-15-27(25)33(28)22-29(34)35)30(36)32(21-24-12-6-3-7-13-24)19-17-23-10-4-2-5-11-23/h2-15H,16-22H2,1H3,(H,34,35). The molecule has 184 valence electrons. The summed E-state index contributed by atoms with van der Waals surface area (Å²) in [5.41, 5.74) is 4.91. The molecule has 1 heterocycles. The number of hydrogen-bond acceptors (Lipinski definition) is 2. The first-order chi connectivity index (χ1) is 17.4. The van der Waals surface area contributed by atoms with Gasteiger partial charge in [-0.2, -0.15) is 0 Å². The lowest BCUT2D eigenvalue weighted by molar-refractivity contribution is -0.143. The summed E-state index contributed by atoms with van der Waals surface area (Å²) < 4.78 is 1.92. The van der Waals surface area contributed by atoms with E-state index in [0.717, 1.165) is 34.1 Å². The number of aliphatic carboxylic acids is 1. The van der Waals surface area contributed by atoms with Crippen molar-refractivity contribution in [2.75, 3.05) is 6.54 Å². The van der Waals surface area contributed by atoms with Gasteiger partial charge in [-0.1, -0.05) is 85.8 Å². The van der Waals surface area contributed by atoms with Crippen LogP contribution in [-0.4, -0.2) is 33.0 Å². The molecule has 0 bridgehead atoms. The van der Waals surface area contributed by atoms with Crippen LogP contribution < -0.4 is 0 Å². The third-order valence-electron chi connectivity index (χ3n) is 7.50. The molecule has 1 aliphatic rings. The molecule has 0 fully saturated rings. The van der Waals surface area contributed by atoms with E-state index < -0.39 is 11.4 Å². The summed E-state index contributed by atoms with van der Waals surface area (Å²) in [5, 5.41) is 10.6. The number of carboxylic acid groups (broad SMARTS) is 1. The zero-order chi connectivity index (χ0) is 25.1. The summed E-state index contributed by atoms with van der Waals surface area (Å²) in [7, 11) is 0. The Hall–Kier alpha value is -3.86. The van der Waals surface area contributed by atoms with E-state index in [0.29, 0.717) is 32.4 Å². The minimum absolute atomic E-state index is 0.0578. The lowest BCUT2D eigenvalue weighted by Crippen LogP contribution is -2.46. The van der Waals surface area contributed by atoms with Crippen LogP contribution in [0.15, 0.2) is 84.9 Å². The first-order valence-corrected chi connectivity index (χ1v) is 12.6. The Morgan fingerprint density at radius 3 is 2.25 bits per heavy atom. The number of para-hydroxylation sites is 1. The van der Waals surface area contributed by atoms with Crippen LogP contribution in [0.4, 0.5) is 0 Å². The second-order valence-electron chi connectivity index (χ2n) is 10.1. The number of fused-ring (bicyclic) bond motifs is 3. The molecule has 1 N–H and O–H groups in total. The fourth-order valence-corrected chi connectivity index (χ4v) is 5.63. The maximum absolute atomic E-state index is 14.2. The fraction of sp³-hybridized carbons (Fsp3) is 0.290. The topological polar surface area (TPSA) is 62.5 Å². The van der Waals surface area contributed by atoms with Crippen molar-refractivity contribution < 1.29 is 14.7 Å². The Morgan fingerprint density at radius 1 is 0.917 bits per heavy atom. The summed E-state index contributed by atoms with van der Waals surface area (Å²) in [6, 6.07) is 28.4. The number of rotatable bonds is 8. The van der Waals surface area contributed by atoms with Crippen molar-refractivity contribution in [3.63, 3.8) is 0 Å². The number of carboxylic acids is 1. The molecule has 1 amide bonds. The van der Waals surface area contributed by atoms with E-state index in [2.05, 4.69) is 37.3 Å². The highest BCUT2D eigenvalue weighted by Gasteiger charge is 2.41. The van der Waals surface area contributed by atoms with Crippen LogP contribution in [0, 0.1) is 5.41 Å². The van der Waals surface area contributed by atoms with Crippen LogP contribution in [0.5, 0.6) is 0 Å². The molecule has 1 atom stereocenters. The van der Waals surface area contributed by atoms with Gasteiger partial charge in [-0.15, -0.1) is 0 Å². The van der Waals surface area contributed by atoms with E-state index in [-0.39, 0.29) is 12.5 Å². The van der Waals surface area contributed by atoms with E-state index in [1.54, 1.807) is 0 Å². The van der Waals surface area contributed by atoms with Crippen molar-refractivity contribution >= 4 is 22.8 Å². The summed E-state index contributed by atoms with van der Waals surface area (Å²) in [4.78, 5) is 27.8. The van der Waals surface area contributed by atoms with Gasteiger partial charge >= 0.3 is 5.97 Å². The number of aromatic nitrogens is 1. The number of benzene rings is 3. The van der Waals surface area contributed by atoms with Gasteiger partial charge in [0.05, 0.1) is 5.41 Å². The molecule has 0 aliphatic heterocycles. The predicted octanol–water partition coefficient (Wildman–Crippen LogP) is 5.49. The Bertz CT molecular complexity index is 1380. The molecule has 0 saturated carbocycles. The second-order valence-corrected chi connectivity index (χ2v) is 10.1. The first-order valence-electron chi connectivity index (χ1n) is 12.6. The molecular formula is C31H32N2O3. The highest BCUT2D eigenvalue weighted by molar-refractivity contribution is 5.90. The van der Waals surface area contributed by atoms with Gasteiger partial charge in [-0.3, -0.25) is 9.59 Å². The van der Waals surface area contributed by atoms with Crippen LogP contribution in [0.1, 0.15) is 35.7 Å². The highest BCUT2D eigenvalue weighted by atomic mass is 16.4. The van der Waals surface area contributed by atoms with E-state index in [1.165, 1.54) is 5.56 Å². The predicted molar refractivity (Wildman–Crippen MR) is 142 cm³/mol. The SMILES string of the molecule is CC1(C(=O)N(CCc2ccccc2)Cc2ccccc2)CCc2c(c3ccccc3n2CC(=O)O)C1. The monoisotopic (exact) mass is 480 g/mol. The Morgan fingerprint density at radius 2 is 1.56 bits per heavy atom. The van der Waals surface area contributed by atoms with Crippen molar-refractivity contribution in [3.8, 4) is 0 Å². The van der Waals surface area contributed by atoms with Gasteiger partial charge in [0.1, 0.15) is 6.54 Å². The van der Waals surface area contributed by atoms with Gasteiger partial charge in [-0.25, -0.2) is 0 Å². The molecule has 1 aliphatic carbocycles. The molecule has 5 heteroatoms. The van der Waals surface area contributed by atoms with Crippen molar-refractivity contribution in [2.45, 2.75) is 45.7 Å².